The summed E-state index contributed by atoms with van der Waals surface area (Å²) < 4.78 is 6.50. The number of nitrogens with one attached hydrogen (secondary N) is 1. The topological polar surface area (TPSA) is 106 Å². The van der Waals surface area contributed by atoms with Gasteiger partial charge in [-0.3, -0.25) is 9.48 Å². The first kappa shape index (κ1) is 15.9. The maximum absolute atomic E-state index is 12.3. The predicted molar refractivity (Wildman–Crippen MR) is 78.6 cm³/mol. The summed E-state index contributed by atoms with van der Waals surface area (Å²) in [5.41, 5.74) is 0.168. The van der Waals surface area contributed by atoms with Crippen molar-refractivity contribution in [3.63, 3.8) is 0 Å². The second-order valence-electron chi connectivity index (χ2n) is 5.33. The highest BCUT2D eigenvalue weighted by Crippen LogP contribution is 2.17. The van der Waals surface area contributed by atoms with Gasteiger partial charge in [-0.25, -0.2) is 9.78 Å². The number of nitrogens with zero attached hydrogens (tertiary/aromatic N) is 3. The van der Waals surface area contributed by atoms with Crippen LogP contribution in [-0.4, -0.2) is 51.0 Å². The van der Waals surface area contributed by atoms with E-state index < -0.39 is 17.4 Å². The molecule has 0 aliphatic carbocycles. The Kier molecular flexibility index (Phi) is 4.14. The lowest BCUT2D eigenvalue weighted by atomic mass is 10.0. The van der Waals surface area contributed by atoms with Crippen LogP contribution in [0.5, 0.6) is 0 Å². The molecule has 0 radical (unpaired) electrons. The van der Waals surface area contributed by atoms with Crippen LogP contribution in [0.1, 0.15) is 23.0 Å². The van der Waals surface area contributed by atoms with E-state index in [0.29, 0.717) is 5.65 Å². The number of ether oxygens (including phenoxy) is 1. The van der Waals surface area contributed by atoms with Crippen LogP contribution < -0.4 is 5.32 Å². The summed E-state index contributed by atoms with van der Waals surface area (Å²) in [5, 5.41) is 16.7. The molecule has 0 saturated carbocycles. The summed E-state index contributed by atoms with van der Waals surface area (Å²) in [4.78, 5) is 27.8. The molecule has 2 aromatic heterocycles. The number of aryl methyl sites for hydroxylation is 2. The van der Waals surface area contributed by atoms with E-state index in [1.807, 2.05) is 6.92 Å². The number of aromatic nitrogens is 3. The number of carboxylic acid groups (broad SMARTS) is 1. The van der Waals surface area contributed by atoms with Gasteiger partial charge in [-0.2, -0.15) is 5.10 Å². The molecule has 0 aromatic carbocycles. The largest absolute Gasteiger partial charge is 0.479 e. The number of carboxylic acids is 1. The Bertz CT molecular complexity index is 740. The summed E-state index contributed by atoms with van der Waals surface area (Å²) in [6, 6.07) is 1.65. The van der Waals surface area contributed by atoms with Gasteiger partial charge in [0, 0.05) is 25.7 Å². The maximum atomic E-state index is 12.3. The van der Waals surface area contributed by atoms with Gasteiger partial charge in [0.2, 0.25) is 0 Å². The molecule has 2 heterocycles. The molecule has 2 N–H and O–H groups in total. The number of carbonyl (C=O) groups is 2. The fourth-order valence-corrected chi connectivity index (χ4v) is 2.19. The van der Waals surface area contributed by atoms with Crippen LogP contribution in [-0.2, 0) is 16.6 Å². The van der Waals surface area contributed by atoms with Gasteiger partial charge in [-0.05, 0) is 19.9 Å². The average Bonchev–Trinajstić information content (AvgIpc) is 2.73. The molecule has 1 amide bonds. The third kappa shape index (κ3) is 2.77. The normalized spacial score (nSPS) is 13.8. The molecular weight excluding hydrogens is 288 g/mol. The molecular formula is C14H18N4O4. The van der Waals surface area contributed by atoms with Gasteiger partial charge in [0.1, 0.15) is 0 Å². The highest BCUT2D eigenvalue weighted by atomic mass is 16.5. The van der Waals surface area contributed by atoms with Crippen molar-refractivity contribution in [2.75, 3.05) is 13.7 Å². The summed E-state index contributed by atoms with van der Waals surface area (Å²) in [6.45, 7) is 3.06. The van der Waals surface area contributed by atoms with Crippen molar-refractivity contribution in [1.29, 1.82) is 0 Å². The smallest absolute Gasteiger partial charge is 0.331 e. The van der Waals surface area contributed by atoms with E-state index in [1.165, 1.54) is 20.2 Å². The number of hydrogen-bond donors (Lipinski definition) is 2. The molecule has 2 aromatic rings. The van der Waals surface area contributed by atoms with Gasteiger partial charge >= 0.3 is 5.97 Å². The van der Waals surface area contributed by atoms with Gasteiger partial charge in [0.25, 0.3) is 5.91 Å². The monoisotopic (exact) mass is 306 g/mol. The predicted octanol–water partition coefficient (Wildman–Crippen LogP) is 0.496. The van der Waals surface area contributed by atoms with Crippen LogP contribution >= 0.6 is 0 Å². The molecule has 8 nitrogen and oxygen atoms in total. The number of pyridine rings is 1. The Hall–Kier alpha value is -2.48. The number of hydrogen-bond acceptors (Lipinski definition) is 5. The van der Waals surface area contributed by atoms with Crippen molar-refractivity contribution in [2.24, 2.45) is 7.05 Å². The Morgan fingerprint density at radius 2 is 2.18 bits per heavy atom. The van der Waals surface area contributed by atoms with Crippen LogP contribution in [0.4, 0.5) is 0 Å². The number of fused-ring (bicyclic) bond motifs is 1. The van der Waals surface area contributed by atoms with Crippen molar-refractivity contribution in [1.82, 2.24) is 20.1 Å². The van der Waals surface area contributed by atoms with Gasteiger partial charge in [0.05, 0.1) is 17.9 Å². The number of carbonyl (C=O) groups excluding carboxylic acids is 1. The Morgan fingerprint density at radius 1 is 1.50 bits per heavy atom. The Morgan fingerprint density at radius 3 is 2.77 bits per heavy atom. The molecule has 0 aliphatic rings. The van der Waals surface area contributed by atoms with Gasteiger partial charge in [-0.1, -0.05) is 0 Å². The van der Waals surface area contributed by atoms with Crippen LogP contribution in [0.25, 0.3) is 11.0 Å². The lowest BCUT2D eigenvalue weighted by Gasteiger charge is -2.25. The number of rotatable bonds is 5. The average molecular weight is 306 g/mol. The van der Waals surface area contributed by atoms with E-state index in [2.05, 4.69) is 15.4 Å². The van der Waals surface area contributed by atoms with E-state index in [-0.39, 0.29) is 12.2 Å². The van der Waals surface area contributed by atoms with Crippen molar-refractivity contribution in [3.8, 4) is 0 Å². The zero-order chi connectivity index (χ0) is 16.5. The molecule has 1 atom stereocenters. The lowest BCUT2D eigenvalue weighted by molar-refractivity contribution is -0.145. The Labute approximate surface area is 127 Å². The van der Waals surface area contributed by atoms with Gasteiger partial charge < -0.3 is 15.2 Å². The molecule has 0 saturated heterocycles. The zero-order valence-electron chi connectivity index (χ0n) is 12.9. The number of amides is 1. The SMILES string of the molecule is COCC(C)(NC(=O)c1cnc2c(c1)c(C)nn2C)C(=O)O. The highest BCUT2D eigenvalue weighted by molar-refractivity contribution is 6.00. The van der Waals surface area contributed by atoms with Crippen molar-refractivity contribution in [2.45, 2.75) is 19.4 Å². The molecule has 0 fully saturated rings. The van der Waals surface area contributed by atoms with Crippen LogP contribution in [0.2, 0.25) is 0 Å². The lowest BCUT2D eigenvalue weighted by Crippen LogP contribution is -2.55. The van der Waals surface area contributed by atoms with Crippen molar-refractivity contribution >= 4 is 22.9 Å². The van der Waals surface area contributed by atoms with Crippen molar-refractivity contribution < 1.29 is 19.4 Å². The first-order chi connectivity index (χ1) is 10.3. The molecule has 0 aliphatic heterocycles. The summed E-state index contributed by atoms with van der Waals surface area (Å²) in [5.74, 6) is -1.70. The fraction of sp³-hybridized carbons (Fsp3) is 0.429. The number of aliphatic carboxylic acids is 1. The molecule has 22 heavy (non-hydrogen) atoms. The van der Waals surface area contributed by atoms with Crippen LogP contribution in [0, 0.1) is 6.92 Å². The van der Waals surface area contributed by atoms with Gasteiger partial charge in [-0.15, -0.1) is 0 Å². The van der Waals surface area contributed by atoms with Crippen molar-refractivity contribution in [3.05, 3.63) is 23.5 Å². The molecule has 0 bridgehead atoms. The van der Waals surface area contributed by atoms with E-state index in [1.54, 1.807) is 17.8 Å². The quantitative estimate of drug-likeness (QED) is 0.833. The zero-order valence-corrected chi connectivity index (χ0v) is 12.9. The second-order valence-corrected chi connectivity index (χ2v) is 5.33. The molecule has 2 rings (SSSR count). The van der Waals surface area contributed by atoms with E-state index in [9.17, 15) is 14.7 Å². The van der Waals surface area contributed by atoms with E-state index >= 15 is 0 Å². The summed E-state index contributed by atoms with van der Waals surface area (Å²) in [7, 11) is 3.14. The first-order valence-corrected chi connectivity index (χ1v) is 6.62. The third-order valence-corrected chi connectivity index (χ3v) is 3.42. The Balaban J connectivity index is 2.33. The third-order valence-electron chi connectivity index (χ3n) is 3.42. The molecule has 1 unspecified atom stereocenters. The fourth-order valence-electron chi connectivity index (χ4n) is 2.19. The van der Waals surface area contributed by atoms with Crippen LogP contribution in [0.3, 0.4) is 0 Å². The van der Waals surface area contributed by atoms with Crippen LogP contribution in [0.15, 0.2) is 12.3 Å². The molecule has 8 heteroatoms. The minimum absolute atomic E-state index is 0.143. The standard InChI is InChI=1S/C14H18N4O4/c1-8-10-5-9(6-15-11(10)18(3)17-8)12(19)16-14(2,7-22-4)13(20)21/h5-6H,7H2,1-4H3,(H,16,19)(H,20,21). The highest BCUT2D eigenvalue weighted by Gasteiger charge is 2.35. The molecule has 118 valence electrons. The van der Waals surface area contributed by atoms with Gasteiger partial charge in [0.15, 0.2) is 11.2 Å². The maximum Gasteiger partial charge on any atom is 0.331 e. The van der Waals surface area contributed by atoms with E-state index in [4.69, 9.17) is 4.74 Å². The minimum atomic E-state index is -1.51. The second kappa shape index (κ2) is 5.72. The van der Waals surface area contributed by atoms with E-state index in [0.717, 1.165) is 11.1 Å². The molecule has 0 spiro atoms. The minimum Gasteiger partial charge on any atom is -0.479 e. The first-order valence-electron chi connectivity index (χ1n) is 6.62. The summed E-state index contributed by atoms with van der Waals surface area (Å²) >= 11 is 0. The summed E-state index contributed by atoms with van der Waals surface area (Å²) in [6.07, 6.45) is 1.40. The number of methoxy groups -OCH3 is 1.